The van der Waals surface area contributed by atoms with E-state index in [0.717, 1.165) is 16.6 Å². The van der Waals surface area contributed by atoms with Crippen molar-refractivity contribution in [3.05, 3.63) is 40.9 Å². The zero-order chi connectivity index (χ0) is 13.0. The summed E-state index contributed by atoms with van der Waals surface area (Å²) in [5.41, 5.74) is 0. The molecule has 0 aliphatic heterocycles. The summed E-state index contributed by atoms with van der Waals surface area (Å²) < 4.78 is 12.0. The van der Waals surface area contributed by atoms with Crippen LogP contribution in [0.1, 0.15) is 13.3 Å². The lowest BCUT2D eigenvalue weighted by Gasteiger charge is -2.16. The molecule has 0 saturated carbocycles. The molecule has 0 bridgehead atoms. The molecule has 96 valence electrons. The second kappa shape index (κ2) is 6.21. The van der Waals surface area contributed by atoms with Gasteiger partial charge >= 0.3 is 0 Å². The molecule has 0 N–H and O–H groups in total. The van der Waals surface area contributed by atoms with Crippen molar-refractivity contribution in [1.29, 1.82) is 0 Å². The standard InChI is InChI=1S/C15H17BrO2/c1-11(9-10-17-2)18-14-8-7-12-5-3-4-6-13(12)15(14)16/h3-8,11H,9-10H2,1-2H3. The smallest absolute Gasteiger partial charge is 0.134 e. The van der Waals surface area contributed by atoms with Crippen LogP contribution in [0.3, 0.4) is 0 Å². The molecule has 2 aromatic rings. The second-order valence-electron chi connectivity index (χ2n) is 4.31. The predicted molar refractivity (Wildman–Crippen MR) is 78.2 cm³/mol. The van der Waals surface area contributed by atoms with E-state index < -0.39 is 0 Å². The molecular formula is C15H17BrO2. The van der Waals surface area contributed by atoms with Gasteiger partial charge in [0.1, 0.15) is 5.75 Å². The molecule has 0 saturated heterocycles. The summed E-state index contributed by atoms with van der Waals surface area (Å²) >= 11 is 3.62. The van der Waals surface area contributed by atoms with Gasteiger partial charge in [0.25, 0.3) is 0 Å². The van der Waals surface area contributed by atoms with E-state index in [0.29, 0.717) is 6.61 Å². The van der Waals surface area contributed by atoms with Gasteiger partial charge in [-0.15, -0.1) is 0 Å². The summed E-state index contributed by atoms with van der Waals surface area (Å²) in [6, 6.07) is 12.3. The van der Waals surface area contributed by atoms with Gasteiger partial charge in [-0.1, -0.05) is 30.3 Å². The van der Waals surface area contributed by atoms with Crippen LogP contribution in [0, 0.1) is 0 Å². The van der Waals surface area contributed by atoms with Crippen LogP contribution in [-0.2, 0) is 4.74 Å². The number of rotatable bonds is 5. The maximum atomic E-state index is 5.93. The van der Waals surface area contributed by atoms with Crippen LogP contribution in [0.2, 0.25) is 0 Å². The summed E-state index contributed by atoms with van der Waals surface area (Å²) in [7, 11) is 1.71. The van der Waals surface area contributed by atoms with Crippen LogP contribution in [-0.4, -0.2) is 19.8 Å². The Kier molecular flexibility index (Phi) is 4.61. The van der Waals surface area contributed by atoms with Crippen molar-refractivity contribution in [3.8, 4) is 5.75 Å². The summed E-state index contributed by atoms with van der Waals surface area (Å²) in [6.45, 7) is 2.77. The van der Waals surface area contributed by atoms with E-state index in [1.54, 1.807) is 7.11 Å². The van der Waals surface area contributed by atoms with Crippen LogP contribution in [0.5, 0.6) is 5.75 Å². The Morgan fingerprint density at radius 3 is 2.72 bits per heavy atom. The van der Waals surface area contributed by atoms with Crippen molar-refractivity contribution >= 4 is 26.7 Å². The molecule has 0 aromatic heterocycles. The molecular weight excluding hydrogens is 292 g/mol. The number of ether oxygens (including phenoxy) is 2. The van der Waals surface area contributed by atoms with Crippen molar-refractivity contribution < 1.29 is 9.47 Å². The number of halogens is 1. The normalized spacial score (nSPS) is 12.6. The Morgan fingerprint density at radius 1 is 1.17 bits per heavy atom. The number of benzene rings is 2. The minimum absolute atomic E-state index is 0.141. The van der Waals surface area contributed by atoms with Gasteiger partial charge in [0.15, 0.2) is 0 Å². The number of fused-ring (bicyclic) bond motifs is 1. The third-order valence-electron chi connectivity index (χ3n) is 2.88. The highest BCUT2D eigenvalue weighted by Gasteiger charge is 2.09. The highest BCUT2D eigenvalue weighted by molar-refractivity contribution is 9.10. The van der Waals surface area contributed by atoms with E-state index in [9.17, 15) is 0 Å². The first kappa shape index (κ1) is 13.4. The van der Waals surface area contributed by atoms with E-state index in [-0.39, 0.29) is 6.10 Å². The quantitative estimate of drug-likeness (QED) is 0.814. The second-order valence-corrected chi connectivity index (χ2v) is 5.10. The van der Waals surface area contributed by atoms with E-state index in [1.807, 2.05) is 18.2 Å². The van der Waals surface area contributed by atoms with Crippen LogP contribution in [0.15, 0.2) is 40.9 Å². The zero-order valence-corrected chi connectivity index (χ0v) is 12.2. The molecule has 0 aliphatic carbocycles. The van der Waals surface area contributed by atoms with Gasteiger partial charge in [-0.3, -0.25) is 0 Å². The SMILES string of the molecule is COCCC(C)Oc1ccc2ccccc2c1Br. The minimum Gasteiger partial charge on any atom is -0.489 e. The molecule has 3 heteroatoms. The van der Waals surface area contributed by atoms with E-state index >= 15 is 0 Å². The fourth-order valence-corrected chi connectivity index (χ4v) is 2.45. The van der Waals surface area contributed by atoms with E-state index in [4.69, 9.17) is 9.47 Å². The first-order chi connectivity index (χ1) is 8.72. The lowest BCUT2D eigenvalue weighted by atomic mass is 10.1. The summed E-state index contributed by atoms with van der Waals surface area (Å²) in [5, 5.41) is 2.38. The van der Waals surface area contributed by atoms with E-state index in [2.05, 4.69) is 41.1 Å². The fourth-order valence-electron chi connectivity index (χ4n) is 1.86. The molecule has 0 heterocycles. The molecule has 0 spiro atoms. The van der Waals surface area contributed by atoms with Gasteiger partial charge in [-0.25, -0.2) is 0 Å². The first-order valence-electron chi connectivity index (χ1n) is 6.05. The summed E-state index contributed by atoms with van der Waals surface area (Å²) in [4.78, 5) is 0. The third-order valence-corrected chi connectivity index (χ3v) is 3.70. The fraction of sp³-hybridized carbons (Fsp3) is 0.333. The number of hydrogen-bond acceptors (Lipinski definition) is 2. The lowest BCUT2D eigenvalue weighted by Crippen LogP contribution is -2.14. The molecule has 2 aromatic carbocycles. The topological polar surface area (TPSA) is 18.5 Å². The molecule has 18 heavy (non-hydrogen) atoms. The van der Waals surface area contributed by atoms with Gasteiger partial charge < -0.3 is 9.47 Å². The average molecular weight is 309 g/mol. The average Bonchev–Trinajstić information content (AvgIpc) is 2.40. The first-order valence-corrected chi connectivity index (χ1v) is 6.84. The molecule has 2 nitrogen and oxygen atoms in total. The largest absolute Gasteiger partial charge is 0.489 e. The van der Waals surface area contributed by atoms with Crippen molar-refractivity contribution in [1.82, 2.24) is 0 Å². The summed E-state index contributed by atoms with van der Waals surface area (Å²) in [5.74, 6) is 0.886. The molecule has 0 aliphatic rings. The Balaban J connectivity index is 2.21. The van der Waals surface area contributed by atoms with Crippen LogP contribution in [0.25, 0.3) is 10.8 Å². The molecule has 1 unspecified atom stereocenters. The molecule has 0 amide bonds. The van der Waals surface area contributed by atoms with Crippen LogP contribution >= 0.6 is 15.9 Å². The van der Waals surface area contributed by atoms with Gasteiger partial charge in [-0.05, 0) is 39.7 Å². The summed E-state index contributed by atoms with van der Waals surface area (Å²) in [6.07, 6.45) is 1.03. The Labute approximate surface area is 116 Å². The maximum Gasteiger partial charge on any atom is 0.134 e. The monoisotopic (exact) mass is 308 g/mol. The van der Waals surface area contributed by atoms with Gasteiger partial charge in [0.2, 0.25) is 0 Å². The van der Waals surface area contributed by atoms with E-state index in [1.165, 1.54) is 10.8 Å². The lowest BCUT2D eigenvalue weighted by molar-refractivity contribution is 0.135. The number of hydrogen-bond donors (Lipinski definition) is 0. The highest BCUT2D eigenvalue weighted by atomic mass is 79.9. The minimum atomic E-state index is 0.141. The predicted octanol–water partition coefficient (Wildman–Crippen LogP) is 4.41. The van der Waals surface area contributed by atoms with Crippen molar-refractivity contribution in [2.45, 2.75) is 19.4 Å². The van der Waals surface area contributed by atoms with Gasteiger partial charge in [0.05, 0.1) is 10.6 Å². The van der Waals surface area contributed by atoms with Gasteiger partial charge in [-0.2, -0.15) is 0 Å². The Bertz CT molecular complexity index is 525. The Hall–Kier alpha value is -1.06. The van der Waals surface area contributed by atoms with Crippen LogP contribution < -0.4 is 4.74 Å². The van der Waals surface area contributed by atoms with Crippen molar-refractivity contribution in [2.24, 2.45) is 0 Å². The van der Waals surface area contributed by atoms with Crippen LogP contribution in [0.4, 0.5) is 0 Å². The highest BCUT2D eigenvalue weighted by Crippen LogP contribution is 2.33. The molecule has 2 rings (SSSR count). The zero-order valence-electron chi connectivity index (χ0n) is 10.7. The van der Waals surface area contributed by atoms with Crippen molar-refractivity contribution in [3.63, 3.8) is 0 Å². The Morgan fingerprint density at radius 2 is 1.94 bits per heavy atom. The number of methoxy groups -OCH3 is 1. The molecule has 0 radical (unpaired) electrons. The van der Waals surface area contributed by atoms with Crippen molar-refractivity contribution in [2.75, 3.05) is 13.7 Å². The van der Waals surface area contributed by atoms with Gasteiger partial charge in [0, 0.05) is 20.1 Å². The third kappa shape index (κ3) is 3.03. The maximum absolute atomic E-state index is 5.93. The molecule has 1 atom stereocenters. The molecule has 0 fully saturated rings.